The highest BCUT2D eigenvalue weighted by atomic mass is 16.1. The van der Waals surface area contributed by atoms with Crippen LogP contribution in [0.4, 0.5) is 0 Å². The van der Waals surface area contributed by atoms with Gasteiger partial charge in [-0.05, 0) is 48.6 Å². The van der Waals surface area contributed by atoms with E-state index in [0.717, 1.165) is 11.3 Å². The number of nitrogens with two attached hydrogens (primary N) is 1. The molecule has 1 aromatic heterocycles. The molecule has 3 nitrogen and oxygen atoms in total. The van der Waals surface area contributed by atoms with Gasteiger partial charge in [-0.1, -0.05) is 32.0 Å². The van der Waals surface area contributed by atoms with Crippen LogP contribution >= 0.6 is 0 Å². The third-order valence-corrected chi connectivity index (χ3v) is 4.19. The minimum Gasteiger partial charge on any atom is -0.320 e. The molecule has 0 spiro atoms. The molecule has 0 fully saturated rings. The molecule has 21 heavy (non-hydrogen) atoms. The second-order valence-corrected chi connectivity index (χ2v) is 6.05. The average Bonchev–Trinajstić information content (AvgIpc) is 2.43. The number of hydrogen-bond acceptors (Lipinski definition) is 2. The van der Waals surface area contributed by atoms with Gasteiger partial charge in [-0.2, -0.15) is 0 Å². The van der Waals surface area contributed by atoms with Crippen LogP contribution in [-0.2, 0) is 7.05 Å². The van der Waals surface area contributed by atoms with Crippen LogP contribution in [0.1, 0.15) is 53.8 Å². The highest BCUT2D eigenvalue weighted by Crippen LogP contribution is 2.21. The van der Waals surface area contributed by atoms with E-state index in [4.69, 9.17) is 5.73 Å². The van der Waals surface area contributed by atoms with Crippen LogP contribution in [-0.4, -0.2) is 4.57 Å². The topological polar surface area (TPSA) is 48.0 Å². The molecule has 3 heteroatoms. The molecule has 2 aromatic rings. The van der Waals surface area contributed by atoms with Gasteiger partial charge < -0.3 is 10.3 Å². The van der Waals surface area contributed by atoms with Crippen LogP contribution < -0.4 is 11.3 Å². The number of aryl methyl sites for hydroxylation is 2. The molecule has 0 aliphatic carbocycles. The lowest BCUT2D eigenvalue weighted by Crippen LogP contribution is -2.29. The Labute approximate surface area is 126 Å². The van der Waals surface area contributed by atoms with E-state index in [-0.39, 0.29) is 11.6 Å². The van der Waals surface area contributed by atoms with Crippen LogP contribution in [0, 0.1) is 13.8 Å². The molecule has 0 saturated carbocycles. The molecular weight excluding hydrogens is 260 g/mol. The zero-order valence-corrected chi connectivity index (χ0v) is 13.5. The summed E-state index contributed by atoms with van der Waals surface area (Å²) in [6.45, 7) is 8.29. The Morgan fingerprint density at radius 1 is 1.05 bits per heavy atom. The van der Waals surface area contributed by atoms with E-state index < -0.39 is 0 Å². The first-order valence-corrected chi connectivity index (χ1v) is 7.35. The predicted octanol–water partition coefficient (Wildman–Crippen LogP) is 3.17. The fraction of sp³-hybridized carbons (Fsp3) is 0.389. The van der Waals surface area contributed by atoms with Gasteiger partial charge in [0, 0.05) is 18.3 Å². The molecular formula is C18H24N2O. The van der Waals surface area contributed by atoms with Crippen molar-refractivity contribution < 1.29 is 0 Å². The quantitative estimate of drug-likeness (QED) is 0.941. The molecule has 0 saturated heterocycles. The molecule has 0 amide bonds. The van der Waals surface area contributed by atoms with Crippen molar-refractivity contribution in [3.05, 3.63) is 68.6 Å². The van der Waals surface area contributed by atoms with Crippen LogP contribution in [0.15, 0.2) is 35.1 Å². The fourth-order valence-corrected chi connectivity index (χ4v) is 2.62. The minimum absolute atomic E-state index is 0.00747. The van der Waals surface area contributed by atoms with Crippen molar-refractivity contribution in [1.29, 1.82) is 0 Å². The second-order valence-electron chi connectivity index (χ2n) is 6.05. The van der Waals surface area contributed by atoms with Gasteiger partial charge >= 0.3 is 0 Å². The lowest BCUT2D eigenvalue weighted by Gasteiger charge is -2.17. The number of aromatic nitrogens is 1. The first-order chi connectivity index (χ1) is 9.82. The Kier molecular flexibility index (Phi) is 4.33. The van der Waals surface area contributed by atoms with Crippen molar-refractivity contribution in [2.45, 2.75) is 39.7 Å². The molecule has 1 heterocycles. The Balaban J connectivity index is 2.49. The van der Waals surface area contributed by atoms with E-state index >= 15 is 0 Å². The largest absolute Gasteiger partial charge is 0.320 e. The van der Waals surface area contributed by atoms with Crippen LogP contribution in [0.2, 0.25) is 0 Å². The monoisotopic (exact) mass is 284 g/mol. The van der Waals surface area contributed by atoms with E-state index in [1.54, 1.807) is 4.57 Å². The minimum atomic E-state index is -0.385. The smallest absolute Gasteiger partial charge is 0.255 e. The molecule has 0 aliphatic rings. The summed E-state index contributed by atoms with van der Waals surface area (Å²) in [6.07, 6.45) is 0. The average molecular weight is 284 g/mol. The van der Waals surface area contributed by atoms with Crippen molar-refractivity contribution in [3.63, 3.8) is 0 Å². The van der Waals surface area contributed by atoms with Crippen molar-refractivity contribution in [2.24, 2.45) is 12.8 Å². The van der Waals surface area contributed by atoms with Gasteiger partial charge in [-0.3, -0.25) is 4.79 Å². The summed E-state index contributed by atoms with van der Waals surface area (Å²) in [5.41, 5.74) is 11.4. The Morgan fingerprint density at radius 3 is 2.29 bits per heavy atom. The van der Waals surface area contributed by atoms with E-state index in [0.29, 0.717) is 11.5 Å². The molecule has 2 N–H and O–H groups in total. The summed E-state index contributed by atoms with van der Waals surface area (Å²) in [7, 11) is 1.81. The zero-order chi connectivity index (χ0) is 15.7. The maximum absolute atomic E-state index is 12.5. The second kappa shape index (κ2) is 5.86. The lowest BCUT2D eigenvalue weighted by atomic mass is 9.96. The number of hydrogen-bond donors (Lipinski definition) is 1. The fourth-order valence-electron chi connectivity index (χ4n) is 2.62. The number of nitrogens with zero attached hydrogens (tertiary/aromatic N) is 1. The summed E-state index contributed by atoms with van der Waals surface area (Å²) >= 11 is 0. The van der Waals surface area contributed by atoms with E-state index in [1.165, 1.54) is 11.1 Å². The lowest BCUT2D eigenvalue weighted by molar-refractivity contribution is 0.688. The molecule has 1 atom stereocenters. The Bertz CT molecular complexity index is 714. The van der Waals surface area contributed by atoms with Gasteiger partial charge in [0.1, 0.15) is 0 Å². The maximum Gasteiger partial charge on any atom is 0.255 e. The van der Waals surface area contributed by atoms with Gasteiger partial charge in [0.2, 0.25) is 0 Å². The molecule has 1 aromatic carbocycles. The van der Waals surface area contributed by atoms with Gasteiger partial charge in [-0.15, -0.1) is 0 Å². The van der Waals surface area contributed by atoms with Crippen molar-refractivity contribution >= 4 is 0 Å². The molecule has 2 rings (SSSR count). The van der Waals surface area contributed by atoms with Crippen molar-refractivity contribution in [2.75, 3.05) is 0 Å². The molecule has 0 radical (unpaired) electrons. The van der Waals surface area contributed by atoms with Crippen LogP contribution in [0.25, 0.3) is 0 Å². The number of benzene rings is 1. The molecule has 0 bridgehead atoms. The summed E-state index contributed by atoms with van der Waals surface area (Å²) in [5, 5.41) is 0. The van der Waals surface area contributed by atoms with Gasteiger partial charge in [-0.25, -0.2) is 0 Å². The Hall–Kier alpha value is -1.87. The number of pyridine rings is 1. The summed E-state index contributed by atoms with van der Waals surface area (Å²) in [4.78, 5) is 12.5. The first kappa shape index (κ1) is 15.5. The standard InChI is InChI=1S/C18H24N2O/c1-11(2)16-9-8-15(18(21)20(16)5)17(19)14-7-6-12(3)13(4)10-14/h6-11,17H,19H2,1-5H3. The van der Waals surface area contributed by atoms with Crippen LogP contribution in [0.3, 0.4) is 0 Å². The molecule has 0 aliphatic heterocycles. The summed E-state index contributed by atoms with van der Waals surface area (Å²) < 4.78 is 1.71. The maximum atomic E-state index is 12.5. The van der Waals surface area contributed by atoms with Gasteiger partial charge in [0.25, 0.3) is 5.56 Å². The summed E-state index contributed by atoms with van der Waals surface area (Å²) in [6, 6.07) is 9.61. The normalized spacial score (nSPS) is 12.7. The third-order valence-electron chi connectivity index (χ3n) is 4.19. The SMILES string of the molecule is Cc1ccc(C(N)c2ccc(C(C)C)n(C)c2=O)cc1C. The Morgan fingerprint density at radius 2 is 1.71 bits per heavy atom. The van der Waals surface area contributed by atoms with E-state index in [9.17, 15) is 4.79 Å². The van der Waals surface area contributed by atoms with E-state index in [1.807, 2.05) is 25.2 Å². The predicted molar refractivity (Wildman–Crippen MR) is 87.7 cm³/mol. The van der Waals surface area contributed by atoms with Crippen LogP contribution in [0.5, 0.6) is 0 Å². The highest BCUT2D eigenvalue weighted by Gasteiger charge is 2.16. The summed E-state index contributed by atoms with van der Waals surface area (Å²) in [5.74, 6) is 0.314. The van der Waals surface area contributed by atoms with Crippen molar-refractivity contribution in [1.82, 2.24) is 4.57 Å². The molecule has 1 unspecified atom stereocenters. The van der Waals surface area contributed by atoms with Gasteiger partial charge in [0.15, 0.2) is 0 Å². The van der Waals surface area contributed by atoms with E-state index in [2.05, 4.69) is 39.8 Å². The zero-order valence-electron chi connectivity index (χ0n) is 13.5. The highest BCUT2D eigenvalue weighted by molar-refractivity contribution is 5.36. The van der Waals surface area contributed by atoms with Crippen molar-refractivity contribution in [3.8, 4) is 0 Å². The molecule has 112 valence electrons. The number of rotatable bonds is 3. The van der Waals surface area contributed by atoms with Gasteiger partial charge in [0.05, 0.1) is 6.04 Å². The first-order valence-electron chi connectivity index (χ1n) is 7.35. The third kappa shape index (κ3) is 2.93.